The smallest absolute Gasteiger partial charge is 0.267 e. The van der Waals surface area contributed by atoms with Gasteiger partial charge in [-0.2, -0.15) is 0 Å². The van der Waals surface area contributed by atoms with Gasteiger partial charge in [0.1, 0.15) is 5.69 Å². The average molecular weight is 475 g/mol. The molecular formula is C23H31BrN4O2. The highest BCUT2D eigenvalue weighted by atomic mass is 79.9. The number of carbonyl (C=O) groups is 1. The van der Waals surface area contributed by atoms with Crippen LogP contribution in [0.4, 0.5) is 0 Å². The van der Waals surface area contributed by atoms with E-state index >= 15 is 0 Å². The summed E-state index contributed by atoms with van der Waals surface area (Å²) in [6.45, 7) is 4.28. The summed E-state index contributed by atoms with van der Waals surface area (Å²) in [6.07, 6.45) is 6.32. The number of aliphatic hydroxyl groups is 1. The van der Waals surface area contributed by atoms with Gasteiger partial charge in [-0.25, -0.2) is 0 Å². The molecule has 3 atom stereocenters. The first-order valence-corrected chi connectivity index (χ1v) is 12.1. The lowest BCUT2D eigenvalue weighted by molar-refractivity contribution is 0.0284. The number of piperidine rings is 2. The molecule has 3 aliphatic heterocycles. The lowest BCUT2D eigenvalue weighted by Crippen LogP contribution is -2.50. The summed E-state index contributed by atoms with van der Waals surface area (Å²) in [7, 11) is 0. The summed E-state index contributed by atoms with van der Waals surface area (Å²) < 4.78 is 1.00. The molecule has 5 rings (SSSR count). The number of aromatic nitrogens is 1. The highest BCUT2D eigenvalue weighted by molar-refractivity contribution is 9.10. The molecular weight excluding hydrogens is 444 g/mol. The van der Waals surface area contributed by atoms with Gasteiger partial charge in [-0.15, -0.1) is 0 Å². The predicted molar refractivity (Wildman–Crippen MR) is 122 cm³/mol. The third kappa shape index (κ3) is 4.17. The van der Waals surface area contributed by atoms with Gasteiger partial charge < -0.3 is 20.3 Å². The van der Waals surface area contributed by atoms with E-state index in [0.717, 1.165) is 67.2 Å². The van der Waals surface area contributed by atoms with Crippen molar-refractivity contribution >= 4 is 32.7 Å². The molecule has 1 aromatic heterocycles. The van der Waals surface area contributed by atoms with E-state index in [0.29, 0.717) is 17.8 Å². The largest absolute Gasteiger partial charge is 0.393 e. The topological polar surface area (TPSA) is 71.6 Å². The molecule has 162 valence electrons. The molecule has 2 bridgehead atoms. The molecule has 0 unspecified atom stereocenters. The summed E-state index contributed by atoms with van der Waals surface area (Å²) >= 11 is 3.55. The van der Waals surface area contributed by atoms with Crippen LogP contribution in [0.15, 0.2) is 28.7 Å². The number of likely N-dealkylation sites (tertiary alicyclic amines) is 1. The van der Waals surface area contributed by atoms with Gasteiger partial charge in [0.2, 0.25) is 0 Å². The average Bonchev–Trinajstić information content (AvgIpc) is 3.28. The molecule has 3 N–H and O–H groups in total. The van der Waals surface area contributed by atoms with Crippen LogP contribution in [0.5, 0.6) is 0 Å². The molecule has 0 spiro atoms. The van der Waals surface area contributed by atoms with Crippen molar-refractivity contribution in [3.8, 4) is 0 Å². The number of hydrogen-bond donors (Lipinski definition) is 3. The van der Waals surface area contributed by atoms with Crippen molar-refractivity contribution in [2.45, 2.75) is 62.8 Å². The molecule has 6 nitrogen and oxygen atoms in total. The number of amides is 1. The van der Waals surface area contributed by atoms with Crippen LogP contribution in [0.1, 0.15) is 49.0 Å². The Morgan fingerprint density at radius 3 is 2.57 bits per heavy atom. The minimum atomic E-state index is -0.0866. The summed E-state index contributed by atoms with van der Waals surface area (Å²) in [5.74, 6) is -0.0139. The summed E-state index contributed by atoms with van der Waals surface area (Å²) in [5.41, 5.74) is 1.60. The second-order valence-electron chi connectivity index (χ2n) is 9.22. The summed E-state index contributed by atoms with van der Waals surface area (Å²) in [5, 5.41) is 14.2. The predicted octanol–water partition coefficient (Wildman–Crippen LogP) is 3.11. The molecule has 30 heavy (non-hydrogen) atoms. The Bertz CT molecular complexity index is 894. The van der Waals surface area contributed by atoms with Crippen molar-refractivity contribution in [2.75, 3.05) is 26.2 Å². The van der Waals surface area contributed by atoms with Crippen molar-refractivity contribution in [1.82, 2.24) is 20.1 Å². The van der Waals surface area contributed by atoms with Crippen LogP contribution in [-0.2, 0) is 0 Å². The first-order valence-electron chi connectivity index (χ1n) is 11.3. The van der Waals surface area contributed by atoms with Crippen molar-refractivity contribution in [2.24, 2.45) is 0 Å². The van der Waals surface area contributed by atoms with E-state index in [-0.39, 0.29) is 18.1 Å². The van der Waals surface area contributed by atoms with E-state index in [9.17, 15) is 9.90 Å². The van der Waals surface area contributed by atoms with Crippen molar-refractivity contribution in [3.05, 3.63) is 34.4 Å². The van der Waals surface area contributed by atoms with Crippen LogP contribution in [-0.4, -0.2) is 76.2 Å². The number of hydrogen-bond acceptors (Lipinski definition) is 4. The van der Waals surface area contributed by atoms with E-state index in [1.165, 1.54) is 12.8 Å². The van der Waals surface area contributed by atoms with Crippen LogP contribution >= 0.6 is 15.9 Å². The lowest BCUT2D eigenvalue weighted by Gasteiger charge is -2.39. The summed E-state index contributed by atoms with van der Waals surface area (Å²) in [6, 6.07) is 9.30. The Morgan fingerprint density at radius 1 is 1.13 bits per heavy atom. The maximum atomic E-state index is 12.7. The number of aliphatic hydroxyl groups excluding tert-OH is 1. The first-order chi connectivity index (χ1) is 14.6. The number of carbonyl (C=O) groups excluding carboxylic acids is 1. The van der Waals surface area contributed by atoms with Crippen LogP contribution in [0, 0.1) is 0 Å². The Balaban J connectivity index is 1.09. The van der Waals surface area contributed by atoms with Gasteiger partial charge in [0, 0.05) is 59.7 Å². The van der Waals surface area contributed by atoms with Gasteiger partial charge in [0.15, 0.2) is 0 Å². The van der Waals surface area contributed by atoms with Crippen molar-refractivity contribution in [3.63, 3.8) is 0 Å². The molecule has 1 aromatic carbocycles. The van der Waals surface area contributed by atoms with Gasteiger partial charge in [-0.05, 0) is 56.7 Å². The van der Waals surface area contributed by atoms with E-state index < -0.39 is 0 Å². The zero-order chi connectivity index (χ0) is 20.7. The lowest BCUT2D eigenvalue weighted by atomic mass is 10.00. The number of nitrogens with zero attached hydrogens (tertiary/aromatic N) is 2. The van der Waals surface area contributed by atoms with Crippen LogP contribution < -0.4 is 5.32 Å². The maximum absolute atomic E-state index is 12.7. The Kier molecular flexibility index (Phi) is 5.88. The third-order valence-corrected chi connectivity index (χ3v) is 8.00. The minimum absolute atomic E-state index is 0.0139. The van der Waals surface area contributed by atoms with Gasteiger partial charge in [0.25, 0.3) is 5.91 Å². The zero-order valence-corrected chi connectivity index (χ0v) is 18.9. The first kappa shape index (κ1) is 20.5. The standard InChI is InChI=1S/C23H31BrN4O2/c24-20-2-1-3-21-19(20)14-22(26-21)23(30)25-15-6-8-27(9-7-15)10-11-28-16-4-5-17(28)13-18(29)12-16/h1-3,14-18,26,29H,4-13H2,(H,25,30)/t16-,17+,18-. The molecule has 0 radical (unpaired) electrons. The van der Waals surface area contributed by atoms with Crippen LogP contribution in [0.2, 0.25) is 0 Å². The number of fused-ring (bicyclic) bond motifs is 3. The van der Waals surface area contributed by atoms with Gasteiger partial charge in [0.05, 0.1) is 6.10 Å². The van der Waals surface area contributed by atoms with Crippen molar-refractivity contribution < 1.29 is 9.90 Å². The van der Waals surface area contributed by atoms with Gasteiger partial charge in [-0.1, -0.05) is 22.0 Å². The zero-order valence-electron chi connectivity index (χ0n) is 17.3. The number of benzene rings is 1. The van der Waals surface area contributed by atoms with Crippen LogP contribution in [0.3, 0.4) is 0 Å². The van der Waals surface area contributed by atoms with Gasteiger partial charge >= 0.3 is 0 Å². The molecule has 3 aliphatic rings. The van der Waals surface area contributed by atoms with E-state index in [4.69, 9.17) is 0 Å². The molecule has 4 heterocycles. The number of H-pyrrole nitrogens is 1. The number of halogens is 1. The SMILES string of the molecule is O=C(NC1CCN(CCN2[C@@H]3CC[C@H]2C[C@H](O)C3)CC1)c1cc2c(Br)cccc2[nH]1. The van der Waals surface area contributed by atoms with E-state index in [2.05, 4.69) is 36.0 Å². The minimum Gasteiger partial charge on any atom is -0.393 e. The van der Waals surface area contributed by atoms with Gasteiger partial charge in [-0.3, -0.25) is 9.69 Å². The fourth-order valence-electron chi connectivity index (χ4n) is 5.67. The Labute approximate surface area is 186 Å². The monoisotopic (exact) mass is 474 g/mol. The third-order valence-electron chi connectivity index (χ3n) is 7.31. The summed E-state index contributed by atoms with van der Waals surface area (Å²) in [4.78, 5) is 21.1. The number of nitrogens with one attached hydrogen (secondary N) is 2. The quantitative estimate of drug-likeness (QED) is 0.622. The second kappa shape index (κ2) is 8.61. The van der Waals surface area contributed by atoms with E-state index in [1.54, 1.807) is 0 Å². The molecule has 0 saturated carbocycles. The molecule has 3 saturated heterocycles. The Morgan fingerprint density at radius 2 is 1.87 bits per heavy atom. The molecule has 1 amide bonds. The highest BCUT2D eigenvalue weighted by Crippen LogP contribution is 2.35. The fraction of sp³-hybridized carbons (Fsp3) is 0.609. The molecule has 0 aliphatic carbocycles. The van der Waals surface area contributed by atoms with Crippen LogP contribution in [0.25, 0.3) is 10.9 Å². The number of rotatable bonds is 5. The number of aromatic amines is 1. The van der Waals surface area contributed by atoms with Crippen molar-refractivity contribution in [1.29, 1.82) is 0 Å². The molecule has 3 fully saturated rings. The second-order valence-corrected chi connectivity index (χ2v) is 10.1. The highest BCUT2D eigenvalue weighted by Gasteiger charge is 2.39. The normalized spacial score (nSPS) is 28.3. The fourth-order valence-corrected chi connectivity index (χ4v) is 6.15. The molecule has 7 heteroatoms. The van der Waals surface area contributed by atoms with E-state index in [1.807, 2.05) is 24.3 Å². The Hall–Kier alpha value is -1.41. The molecule has 2 aromatic rings. The maximum Gasteiger partial charge on any atom is 0.267 e.